The third-order valence-corrected chi connectivity index (χ3v) is 3.96. The number of carbonyl (C=O) groups is 1. The molecule has 1 heterocycles. The Morgan fingerprint density at radius 2 is 2.14 bits per heavy atom. The van der Waals surface area contributed by atoms with Gasteiger partial charge < -0.3 is 14.8 Å². The summed E-state index contributed by atoms with van der Waals surface area (Å²) in [6.07, 6.45) is 2.70. The molecule has 0 spiro atoms. The second-order valence-corrected chi connectivity index (χ2v) is 5.74. The van der Waals surface area contributed by atoms with Gasteiger partial charge in [-0.3, -0.25) is 4.79 Å². The van der Waals surface area contributed by atoms with Crippen molar-refractivity contribution in [2.24, 2.45) is 5.92 Å². The summed E-state index contributed by atoms with van der Waals surface area (Å²) in [7, 11) is 0. The molecule has 2 N–H and O–H groups in total. The number of aliphatic hydroxyl groups excluding tert-OH is 1. The van der Waals surface area contributed by atoms with E-state index < -0.39 is 0 Å². The van der Waals surface area contributed by atoms with Crippen LogP contribution < -0.4 is 5.32 Å². The second-order valence-electron chi connectivity index (χ2n) is 5.74. The number of rotatable bonds is 6. The summed E-state index contributed by atoms with van der Waals surface area (Å²) in [5.41, 5.74) is 4.09. The van der Waals surface area contributed by atoms with E-state index in [0.29, 0.717) is 19.4 Å². The van der Waals surface area contributed by atoms with Gasteiger partial charge in [-0.2, -0.15) is 0 Å². The van der Waals surface area contributed by atoms with Crippen LogP contribution in [-0.2, 0) is 11.2 Å². The lowest BCUT2D eigenvalue weighted by atomic mass is 10.0. The summed E-state index contributed by atoms with van der Waals surface area (Å²) in [5, 5.41) is 12.8. The van der Waals surface area contributed by atoms with Gasteiger partial charge in [0, 0.05) is 24.1 Å². The zero-order chi connectivity index (χ0) is 15.4. The molecular formula is C17H23NO3. The van der Waals surface area contributed by atoms with Gasteiger partial charge in [-0.25, -0.2) is 0 Å². The van der Waals surface area contributed by atoms with E-state index in [0.717, 1.165) is 22.1 Å². The first-order valence-electron chi connectivity index (χ1n) is 7.36. The topological polar surface area (TPSA) is 62.5 Å². The van der Waals surface area contributed by atoms with E-state index >= 15 is 0 Å². The van der Waals surface area contributed by atoms with E-state index in [1.54, 1.807) is 6.26 Å². The Labute approximate surface area is 125 Å². The van der Waals surface area contributed by atoms with Gasteiger partial charge in [0.25, 0.3) is 0 Å². The Morgan fingerprint density at radius 1 is 1.38 bits per heavy atom. The maximum atomic E-state index is 12.0. The van der Waals surface area contributed by atoms with Gasteiger partial charge in [0.15, 0.2) is 0 Å². The summed E-state index contributed by atoms with van der Waals surface area (Å²) in [5.74, 6) is 0.269. The van der Waals surface area contributed by atoms with Crippen molar-refractivity contribution in [1.29, 1.82) is 0 Å². The van der Waals surface area contributed by atoms with E-state index in [1.165, 1.54) is 5.56 Å². The minimum absolute atomic E-state index is 0.0132. The standard InChI is InChI=1S/C17H23NO3/c1-11(6-7-19)9-18-16(20)8-14-10-21-17-13(3)12(2)4-5-15(14)17/h4-5,10-11,19H,6-9H2,1-3H3,(H,18,20). The van der Waals surface area contributed by atoms with Crippen LogP contribution in [0.15, 0.2) is 22.8 Å². The van der Waals surface area contributed by atoms with Crippen molar-refractivity contribution < 1.29 is 14.3 Å². The predicted molar refractivity (Wildman–Crippen MR) is 83.3 cm³/mol. The second kappa shape index (κ2) is 6.76. The number of fused-ring (bicyclic) bond motifs is 1. The molecule has 1 atom stereocenters. The van der Waals surface area contributed by atoms with Crippen LogP contribution in [0.4, 0.5) is 0 Å². The number of nitrogens with one attached hydrogen (secondary N) is 1. The molecule has 4 heteroatoms. The highest BCUT2D eigenvalue weighted by molar-refractivity contribution is 5.89. The molecule has 1 aromatic heterocycles. The fourth-order valence-corrected chi connectivity index (χ4v) is 2.37. The Kier molecular flexibility index (Phi) is 5.02. The number of aliphatic hydroxyl groups is 1. The van der Waals surface area contributed by atoms with Crippen molar-refractivity contribution in [3.05, 3.63) is 35.1 Å². The Balaban J connectivity index is 2.03. The minimum Gasteiger partial charge on any atom is -0.464 e. The van der Waals surface area contributed by atoms with Crippen LogP contribution in [-0.4, -0.2) is 24.2 Å². The molecule has 1 unspecified atom stereocenters. The van der Waals surface area contributed by atoms with Gasteiger partial charge >= 0.3 is 0 Å². The quantitative estimate of drug-likeness (QED) is 0.859. The van der Waals surface area contributed by atoms with Gasteiger partial charge in [-0.1, -0.05) is 19.1 Å². The third kappa shape index (κ3) is 3.64. The molecule has 114 valence electrons. The van der Waals surface area contributed by atoms with Crippen LogP contribution in [0.25, 0.3) is 11.0 Å². The van der Waals surface area contributed by atoms with Crippen LogP contribution in [0, 0.1) is 19.8 Å². The molecule has 21 heavy (non-hydrogen) atoms. The third-order valence-electron chi connectivity index (χ3n) is 3.96. The summed E-state index contributed by atoms with van der Waals surface area (Å²) >= 11 is 0. The number of carbonyl (C=O) groups excluding carboxylic acids is 1. The molecule has 4 nitrogen and oxygen atoms in total. The molecule has 1 aromatic carbocycles. The van der Waals surface area contributed by atoms with Crippen LogP contribution >= 0.6 is 0 Å². The molecule has 0 aliphatic carbocycles. The SMILES string of the molecule is Cc1ccc2c(CC(=O)NCC(C)CCO)coc2c1C. The van der Waals surface area contributed by atoms with Crippen LogP contribution in [0.5, 0.6) is 0 Å². The van der Waals surface area contributed by atoms with Crippen LogP contribution in [0.3, 0.4) is 0 Å². The number of hydrogen-bond acceptors (Lipinski definition) is 3. The Morgan fingerprint density at radius 3 is 2.86 bits per heavy atom. The number of benzene rings is 1. The fourth-order valence-electron chi connectivity index (χ4n) is 2.37. The van der Waals surface area contributed by atoms with Gasteiger partial charge in [0.1, 0.15) is 5.58 Å². The largest absolute Gasteiger partial charge is 0.464 e. The molecule has 0 fully saturated rings. The number of aryl methyl sites for hydroxylation is 2. The van der Waals surface area contributed by atoms with E-state index in [9.17, 15) is 4.79 Å². The number of amides is 1. The zero-order valence-electron chi connectivity index (χ0n) is 12.9. The number of hydrogen-bond donors (Lipinski definition) is 2. The number of furan rings is 1. The Hall–Kier alpha value is -1.81. The van der Waals surface area contributed by atoms with E-state index in [-0.39, 0.29) is 18.4 Å². The summed E-state index contributed by atoms with van der Waals surface area (Å²) in [4.78, 5) is 12.0. The highest BCUT2D eigenvalue weighted by atomic mass is 16.3. The molecule has 0 saturated heterocycles. The zero-order valence-corrected chi connectivity index (χ0v) is 12.9. The van der Waals surface area contributed by atoms with Crippen molar-refractivity contribution in [1.82, 2.24) is 5.32 Å². The van der Waals surface area contributed by atoms with Crippen molar-refractivity contribution >= 4 is 16.9 Å². The van der Waals surface area contributed by atoms with Crippen molar-refractivity contribution in [2.45, 2.75) is 33.6 Å². The molecule has 0 bridgehead atoms. The normalized spacial score (nSPS) is 12.6. The minimum atomic E-state index is -0.0132. The van der Waals surface area contributed by atoms with Crippen LogP contribution in [0.2, 0.25) is 0 Å². The molecule has 0 radical (unpaired) electrons. The first kappa shape index (κ1) is 15.6. The van der Waals surface area contributed by atoms with Gasteiger partial charge in [-0.15, -0.1) is 0 Å². The molecule has 2 aromatic rings. The van der Waals surface area contributed by atoms with Crippen molar-refractivity contribution in [3.8, 4) is 0 Å². The Bertz CT molecular complexity index is 630. The fraction of sp³-hybridized carbons (Fsp3) is 0.471. The van der Waals surface area contributed by atoms with Crippen LogP contribution in [0.1, 0.15) is 30.0 Å². The first-order valence-corrected chi connectivity index (χ1v) is 7.36. The van der Waals surface area contributed by atoms with E-state index in [2.05, 4.69) is 11.4 Å². The first-order chi connectivity index (χ1) is 10.0. The molecular weight excluding hydrogens is 266 g/mol. The molecule has 1 amide bonds. The monoisotopic (exact) mass is 289 g/mol. The molecule has 0 aliphatic heterocycles. The van der Waals surface area contributed by atoms with Gasteiger partial charge in [0.05, 0.1) is 12.7 Å². The maximum absolute atomic E-state index is 12.0. The lowest BCUT2D eigenvalue weighted by Gasteiger charge is -2.10. The molecule has 2 rings (SSSR count). The summed E-state index contributed by atoms with van der Waals surface area (Å²) in [6, 6.07) is 4.07. The smallest absolute Gasteiger partial charge is 0.224 e. The maximum Gasteiger partial charge on any atom is 0.224 e. The lowest BCUT2D eigenvalue weighted by molar-refractivity contribution is -0.120. The molecule has 0 aliphatic rings. The average Bonchev–Trinajstić information content (AvgIpc) is 2.85. The average molecular weight is 289 g/mol. The highest BCUT2D eigenvalue weighted by Crippen LogP contribution is 2.26. The van der Waals surface area contributed by atoms with Crippen molar-refractivity contribution in [3.63, 3.8) is 0 Å². The summed E-state index contributed by atoms with van der Waals surface area (Å²) in [6.45, 7) is 6.83. The molecule has 0 saturated carbocycles. The predicted octanol–water partition coefficient (Wildman–Crippen LogP) is 2.73. The van der Waals surface area contributed by atoms with Crippen molar-refractivity contribution in [2.75, 3.05) is 13.2 Å². The van der Waals surface area contributed by atoms with E-state index in [4.69, 9.17) is 9.52 Å². The van der Waals surface area contributed by atoms with Gasteiger partial charge in [-0.05, 0) is 37.3 Å². The van der Waals surface area contributed by atoms with Gasteiger partial charge in [0.2, 0.25) is 5.91 Å². The van der Waals surface area contributed by atoms with E-state index in [1.807, 2.05) is 26.8 Å². The lowest BCUT2D eigenvalue weighted by Crippen LogP contribution is -2.29. The summed E-state index contributed by atoms with van der Waals surface area (Å²) < 4.78 is 5.61. The highest BCUT2D eigenvalue weighted by Gasteiger charge is 2.13.